The molecule has 2 N–H and O–H groups in total. The molecule has 2 amide bonds. The van der Waals surface area contributed by atoms with Gasteiger partial charge in [0.2, 0.25) is 5.91 Å². The Balaban J connectivity index is 1.47. The Bertz CT molecular complexity index is 863. The highest BCUT2D eigenvalue weighted by atomic mass is 16.2. The number of anilines is 1. The zero-order valence-corrected chi connectivity index (χ0v) is 16.5. The van der Waals surface area contributed by atoms with Crippen LogP contribution in [0.15, 0.2) is 48.5 Å². The lowest BCUT2D eigenvalue weighted by Gasteiger charge is -2.26. The molecule has 6 heteroatoms. The molecular formula is C23H26N4O2. The molecule has 0 aromatic heterocycles. The van der Waals surface area contributed by atoms with Gasteiger partial charge in [0, 0.05) is 24.3 Å². The monoisotopic (exact) mass is 390 g/mol. The Hall–Kier alpha value is -3.17. The van der Waals surface area contributed by atoms with Gasteiger partial charge in [-0.15, -0.1) is 0 Å². The van der Waals surface area contributed by atoms with E-state index in [-0.39, 0.29) is 18.2 Å². The quantitative estimate of drug-likeness (QED) is 0.758. The van der Waals surface area contributed by atoms with Crippen molar-refractivity contribution in [2.24, 2.45) is 0 Å². The second kappa shape index (κ2) is 10.4. The van der Waals surface area contributed by atoms with E-state index >= 15 is 0 Å². The van der Waals surface area contributed by atoms with E-state index in [1.165, 1.54) is 37.9 Å². The van der Waals surface area contributed by atoms with Crippen LogP contribution in [0, 0.1) is 11.3 Å². The summed E-state index contributed by atoms with van der Waals surface area (Å²) in [5.41, 5.74) is 3.44. The number of carbonyl (C=O) groups excluding carboxylic acids is 2. The topological polar surface area (TPSA) is 85.2 Å². The molecule has 0 spiro atoms. The molecule has 1 saturated heterocycles. The summed E-state index contributed by atoms with van der Waals surface area (Å²) in [5, 5.41) is 14.0. The van der Waals surface area contributed by atoms with Crippen LogP contribution in [-0.2, 0) is 17.9 Å². The number of amides is 2. The first-order valence-corrected chi connectivity index (χ1v) is 9.99. The van der Waals surface area contributed by atoms with Gasteiger partial charge >= 0.3 is 0 Å². The Morgan fingerprint density at radius 2 is 1.59 bits per heavy atom. The predicted octanol–water partition coefficient (Wildman–Crippen LogP) is 3.45. The third-order valence-corrected chi connectivity index (χ3v) is 5.00. The molecule has 0 saturated carbocycles. The van der Waals surface area contributed by atoms with Crippen molar-refractivity contribution >= 4 is 17.5 Å². The summed E-state index contributed by atoms with van der Waals surface area (Å²) in [5.74, 6) is -0.536. The van der Waals surface area contributed by atoms with Gasteiger partial charge in [0.15, 0.2) is 0 Å². The molecule has 1 aliphatic heterocycles. The number of nitriles is 1. The summed E-state index contributed by atoms with van der Waals surface area (Å²) in [4.78, 5) is 26.2. The Morgan fingerprint density at radius 1 is 0.931 bits per heavy atom. The van der Waals surface area contributed by atoms with Crippen molar-refractivity contribution in [1.82, 2.24) is 10.2 Å². The SMILES string of the molecule is N#CCC(=O)Nc1ccc(C(=O)NCc2ccc(CN3CCCCC3)cc2)cc1. The van der Waals surface area contributed by atoms with Crippen LogP contribution in [-0.4, -0.2) is 29.8 Å². The molecule has 1 aliphatic rings. The van der Waals surface area contributed by atoms with Crippen LogP contribution < -0.4 is 10.6 Å². The van der Waals surface area contributed by atoms with Gasteiger partial charge in [0.05, 0.1) is 6.07 Å². The third-order valence-electron chi connectivity index (χ3n) is 5.00. The number of benzene rings is 2. The van der Waals surface area contributed by atoms with E-state index < -0.39 is 0 Å². The highest BCUT2D eigenvalue weighted by molar-refractivity contribution is 5.96. The minimum atomic E-state index is -0.367. The second-order valence-electron chi connectivity index (χ2n) is 7.30. The molecule has 29 heavy (non-hydrogen) atoms. The lowest BCUT2D eigenvalue weighted by atomic mass is 10.1. The zero-order valence-electron chi connectivity index (χ0n) is 16.5. The van der Waals surface area contributed by atoms with Crippen LogP contribution in [0.25, 0.3) is 0 Å². The molecule has 0 bridgehead atoms. The van der Waals surface area contributed by atoms with Gasteiger partial charge in [-0.2, -0.15) is 5.26 Å². The molecule has 2 aromatic rings. The third kappa shape index (κ3) is 6.44. The summed E-state index contributed by atoms with van der Waals surface area (Å²) >= 11 is 0. The zero-order chi connectivity index (χ0) is 20.5. The van der Waals surface area contributed by atoms with Crippen molar-refractivity contribution in [2.45, 2.75) is 38.8 Å². The van der Waals surface area contributed by atoms with E-state index in [1.54, 1.807) is 30.3 Å². The Kier molecular flexibility index (Phi) is 7.37. The molecule has 3 rings (SSSR count). The number of piperidine rings is 1. The number of likely N-dealkylation sites (tertiary alicyclic amines) is 1. The highest BCUT2D eigenvalue weighted by Crippen LogP contribution is 2.14. The average molecular weight is 390 g/mol. The Labute approximate surface area is 171 Å². The van der Waals surface area contributed by atoms with Gasteiger partial charge < -0.3 is 10.6 Å². The summed E-state index contributed by atoms with van der Waals surface area (Å²) in [7, 11) is 0. The first-order valence-electron chi connectivity index (χ1n) is 9.99. The standard InChI is InChI=1S/C23H26N4O2/c24-13-12-22(28)26-21-10-8-20(9-11-21)23(29)25-16-18-4-6-19(7-5-18)17-27-14-2-1-3-15-27/h4-11H,1-3,12,14-17H2,(H,25,29)(H,26,28). The molecule has 0 aliphatic carbocycles. The van der Waals surface area contributed by atoms with Crippen molar-refractivity contribution in [3.8, 4) is 6.07 Å². The van der Waals surface area contributed by atoms with E-state index in [0.29, 0.717) is 17.8 Å². The number of hydrogen-bond acceptors (Lipinski definition) is 4. The fourth-order valence-corrected chi connectivity index (χ4v) is 3.40. The molecule has 2 aromatic carbocycles. The van der Waals surface area contributed by atoms with E-state index in [9.17, 15) is 9.59 Å². The van der Waals surface area contributed by atoms with E-state index in [4.69, 9.17) is 5.26 Å². The molecule has 0 atom stereocenters. The van der Waals surface area contributed by atoms with E-state index in [2.05, 4.69) is 39.8 Å². The van der Waals surface area contributed by atoms with Crippen LogP contribution in [0.4, 0.5) is 5.69 Å². The average Bonchev–Trinajstić information content (AvgIpc) is 2.74. The first kappa shape index (κ1) is 20.6. The fraction of sp³-hybridized carbons (Fsp3) is 0.348. The number of nitrogens with zero attached hydrogens (tertiary/aromatic N) is 2. The van der Waals surface area contributed by atoms with Gasteiger partial charge in [0.25, 0.3) is 5.91 Å². The number of carbonyl (C=O) groups is 2. The molecule has 150 valence electrons. The molecule has 0 radical (unpaired) electrons. The smallest absolute Gasteiger partial charge is 0.251 e. The number of rotatable bonds is 7. The largest absolute Gasteiger partial charge is 0.348 e. The van der Waals surface area contributed by atoms with Gasteiger partial charge in [-0.05, 0) is 61.3 Å². The van der Waals surface area contributed by atoms with Crippen LogP contribution in [0.3, 0.4) is 0 Å². The minimum absolute atomic E-state index is 0.169. The molecule has 1 heterocycles. The molecule has 6 nitrogen and oxygen atoms in total. The van der Waals surface area contributed by atoms with Crippen molar-refractivity contribution in [3.63, 3.8) is 0 Å². The number of hydrogen-bond donors (Lipinski definition) is 2. The molecular weight excluding hydrogens is 364 g/mol. The van der Waals surface area contributed by atoms with Crippen LogP contribution in [0.2, 0.25) is 0 Å². The Morgan fingerprint density at radius 3 is 2.24 bits per heavy atom. The van der Waals surface area contributed by atoms with Gasteiger partial charge in [-0.1, -0.05) is 30.7 Å². The second-order valence-corrected chi connectivity index (χ2v) is 7.30. The highest BCUT2D eigenvalue weighted by Gasteiger charge is 2.10. The molecule has 0 unspecified atom stereocenters. The van der Waals surface area contributed by atoms with Crippen molar-refractivity contribution in [1.29, 1.82) is 5.26 Å². The number of nitrogens with one attached hydrogen (secondary N) is 2. The minimum Gasteiger partial charge on any atom is -0.348 e. The normalized spacial score (nSPS) is 14.0. The summed E-state index contributed by atoms with van der Waals surface area (Å²) in [6.07, 6.45) is 3.72. The maximum Gasteiger partial charge on any atom is 0.251 e. The molecule has 1 fully saturated rings. The van der Waals surface area contributed by atoms with Gasteiger partial charge in [-0.25, -0.2) is 0 Å². The van der Waals surface area contributed by atoms with Crippen molar-refractivity contribution in [3.05, 3.63) is 65.2 Å². The first-order chi connectivity index (χ1) is 14.1. The maximum absolute atomic E-state index is 12.3. The maximum atomic E-state index is 12.3. The van der Waals surface area contributed by atoms with Crippen molar-refractivity contribution < 1.29 is 9.59 Å². The lowest BCUT2D eigenvalue weighted by Crippen LogP contribution is -2.29. The summed E-state index contributed by atoms with van der Waals surface area (Å²) < 4.78 is 0. The van der Waals surface area contributed by atoms with Gasteiger partial charge in [0.1, 0.15) is 6.42 Å². The van der Waals surface area contributed by atoms with Crippen molar-refractivity contribution in [2.75, 3.05) is 18.4 Å². The summed E-state index contributed by atoms with van der Waals surface area (Å²) in [6.45, 7) is 3.81. The fourth-order valence-electron chi connectivity index (χ4n) is 3.40. The van der Waals surface area contributed by atoms with E-state index in [1.807, 2.05) is 0 Å². The predicted molar refractivity (Wildman–Crippen MR) is 112 cm³/mol. The lowest BCUT2D eigenvalue weighted by molar-refractivity contribution is -0.115. The van der Waals surface area contributed by atoms with E-state index in [0.717, 1.165) is 12.1 Å². The van der Waals surface area contributed by atoms with Crippen LogP contribution in [0.5, 0.6) is 0 Å². The summed E-state index contributed by atoms with van der Waals surface area (Å²) in [6, 6.07) is 16.8. The van der Waals surface area contributed by atoms with Crippen LogP contribution >= 0.6 is 0 Å². The van der Waals surface area contributed by atoms with Crippen LogP contribution in [0.1, 0.15) is 47.2 Å². The van der Waals surface area contributed by atoms with Gasteiger partial charge in [-0.3, -0.25) is 14.5 Å².